The van der Waals surface area contributed by atoms with Crippen LogP contribution in [0.1, 0.15) is 0 Å². The maximum Gasteiger partial charge on any atom is 0.145 e. The van der Waals surface area contributed by atoms with E-state index in [0.29, 0.717) is 17.7 Å². The number of hydrogen-bond donors (Lipinski definition) is 1. The van der Waals surface area contributed by atoms with E-state index in [0.717, 1.165) is 12.1 Å². The zero-order valence-electron chi connectivity index (χ0n) is 9.75. The number of anilines is 1. The van der Waals surface area contributed by atoms with Crippen molar-refractivity contribution in [1.82, 2.24) is 14.3 Å². The van der Waals surface area contributed by atoms with Gasteiger partial charge in [-0.1, -0.05) is 6.07 Å². The Morgan fingerprint density at radius 2 is 2.00 bits per heavy atom. The second-order valence-electron chi connectivity index (χ2n) is 4.19. The van der Waals surface area contributed by atoms with Gasteiger partial charge in [-0.15, -0.1) is 0 Å². The minimum absolute atomic E-state index is 0.186. The van der Waals surface area contributed by atoms with Crippen molar-refractivity contribution in [3.8, 4) is 0 Å². The molecule has 0 saturated carbocycles. The lowest BCUT2D eigenvalue weighted by molar-refractivity contribution is 0.544. The maximum absolute atomic E-state index is 13.5. The fourth-order valence-corrected chi connectivity index (χ4v) is 2.09. The van der Waals surface area contributed by atoms with Gasteiger partial charge in [0.2, 0.25) is 0 Å². The number of rotatable bonds is 3. The Labute approximate surface area is 103 Å². The molecule has 2 aromatic heterocycles. The third-order valence-corrected chi connectivity index (χ3v) is 2.99. The van der Waals surface area contributed by atoms with Gasteiger partial charge in [-0.2, -0.15) is 5.10 Å². The van der Waals surface area contributed by atoms with Crippen LogP contribution in [0.4, 0.5) is 10.2 Å². The van der Waals surface area contributed by atoms with Crippen molar-refractivity contribution >= 4 is 16.7 Å². The Bertz CT molecular complexity index is 683. The van der Waals surface area contributed by atoms with Crippen LogP contribution >= 0.6 is 0 Å². The van der Waals surface area contributed by atoms with Crippen LogP contribution in [0.2, 0.25) is 0 Å². The second-order valence-corrected chi connectivity index (χ2v) is 4.19. The van der Waals surface area contributed by atoms with Gasteiger partial charge in [0.15, 0.2) is 0 Å². The molecule has 2 heterocycles. The van der Waals surface area contributed by atoms with Crippen LogP contribution < -0.4 is 5.73 Å². The normalized spacial score (nSPS) is 11.2. The number of nitrogens with zero attached hydrogens (tertiary/aromatic N) is 3. The molecule has 18 heavy (non-hydrogen) atoms. The molecule has 0 aliphatic heterocycles. The van der Waals surface area contributed by atoms with Gasteiger partial charge < -0.3 is 10.3 Å². The fourth-order valence-electron chi connectivity index (χ4n) is 2.09. The quantitative estimate of drug-likeness (QED) is 0.768. The van der Waals surface area contributed by atoms with Gasteiger partial charge in [0.1, 0.15) is 11.6 Å². The highest BCUT2D eigenvalue weighted by Gasteiger charge is 2.05. The lowest BCUT2D eigenvalue weighted by atomic mass is 10.2. The van der Waals surface area contributed by atoms with E-state index in [-0.39, 0.29) is 5.82 Å². The molecular weight excluding hydrogens is 231 g/mol. The van der Waals surface area contributed by atoms with Crippen LogP contribution in [0.3, 0.4) is 0 Å². The summed E-state index contributed by atoms with van der Waals surface area (Å²) in [6.07, 6.45) is 3.72. The zero-order valence-corrected chi connectivity index (χ0v) is 9.75. The monoisotopic (exact) mass is 244 g/mol. The minimum Gasteiger partial charge on any atom is -0.382 e. The first-order valence-corrected chi connectivity index (χ1v) is 5.76. The van der Waals surface area contributed by atoms with Gasteiger partial charge >= 0.3 is 0 Å². The summed E-state index contributed by atoms with van der Waals surface area (Å²) in [7, 11) is 0. The molecule has 0 aliphatic carbocycles. The average Bonchev–Trinajstić information content (AvgIpc) is 2.94. The van der Waals surface area contributed by atoms with E-state index in [9.17, 15) is 4.39 Å². The molecule has 0 unspecified atom stereocenters. The molecule has 0 spiro atoms. The molecule has 0 saturated heterocycles. The number of aromatic nitrogens is 3. The van der Waals surface area contributed by atoms with Crippen LogP contribution in [0.25, 0.3) is 10.9 Å². The van der Waals surface area contributed by atoms with Crippen molar-refractivity contribution in [3.05, 3.63) is 48.5 Å². The Balaban J connectivity index is 1.85. The highest BCUT2D eigenvalue weighted by molar-refractivity contribution is 5.80. The Kier molecular flexibility index (Phi) is 2.51. The molecule has 0 bridgehead atoms. The van der Waals surface area contributed by atoms with E-state index in [4.69, 9.17) is 5.73 Å². The summed E-state index contributed by atoms with van der Waals surface area (Å²) in [5.41, 5.74) is 6.45. The van der Waals surface area contributed by atoms with Gasteiger partial charge in [-0.25, -0.2) is 4.39 Å². The van der Waals surface area contributed by atoms with Crippen molar-refractivity contribution in [2.24, 2.45) is 0 Å². The molecule has 3 rings (SSSR count). The third kappa shape index (κ3) is 1.84. The van der Waals surface area contributed by atoms with Crippen LogP contribution in [0.5, 0.6) is 0 Å². The molecule has 0 fully saturated rings. The van der Waals surface area contributed by atoms with Gasteiger partial charge in [0.25, 0.3) is 0 Å². The molecule has 0 radical (unpaired) electrons. The largest absolute Gasteiger partial charge is 0.382 e. The van der Waals surface area contributed by atoms with Crippen LogP contribution in [-0.4, -0.2) is 14.3 Å². The summed E-state index contributed by atoms with van der Waals surface area (Å²) in [6.45, 7) is 1.44. The molecule has 1 aromatic carbocycles. The lowest BCUT2D eigenvalue weighted by Gasteiger charge is -2.05. The SMILES string of the molecule is Nc1ccn(CCn2ccc3c(F)cccc32)n1. The Hall–Kier alpha value is -2.30. The molecule has 4 nitrogen and oxygen atoms in total. The van der Waals surface area contributed by atoms with E-state index in [1.165, 1.54) is 6.07 Å². The van der Waals surface area contributed by atoms with Crippen LogP contribution in [0.15, 0.2) is 42.7 Å². The zero-order chi connectivity index (χ0) is 12.5. The number of nitrogens with two attached hydrogens (primary N) is 1. The van der Waals surface area contributed by atoms with Crippen molar-refractivity contribution in [3.63, 3.8) is 0 Å². The number of aryl methyl sites for hydroxylation is 2. The first-order chi connectivity index (χ1) is 8.74. The molecule has 2 N–H and O–H groups in total. The molecule has 3 aromatic rings. The lowest BCUT2D eigenvalue weighted by Crippen LogP contribution is -2.07. The summed E-state index contributed by atoms with van der Waals surface area (Å²) in [4.78, 5) is 0. The van der Waals surface area contributed by atoms with Crippen LogP contribution in [-0.2, 0) is 13.1 Å². The van der Waals surface area contributed by atoms with E-state index >= 15 is 0 Å². The highest BCUT2D eigenvalue weighted by atomic mass is 19.1. The number of nitrogen functional groups attached to an aromatic ring is 1. The number of benzene rings is 1. The fraction of sp³-hybridized carbons (Fsp3) is 0.154. The van der Waals surface area contributed by atoms with E-state index in [1.807, 2.05) is 23.0 Å². The number of hydrogen-bond acceptors (Lipinski definition) is 2. The minimum atomic E-state index is -0.186. The van der Waals surface area contributed by atoms with E-state index in [1.54, 1.807) is 22.9 Å². The predicted octanol–water partition coefficient (Wildman–Crippen LogP) is 2.26. The molecule has 0 amide bonds. The third-order valence-electron chi connectivity index (χ3n) is 2.99. The summed E-state index contributed by atoms with van der Waals surface area (Å²) < 4.78 is 17.3. The summed E-state index contributed by atoms with van der Waals surface area (Å²) in [5, 5.41) is 4.77. The molecule has 92 valence electrons. The molecule has 5 heteroatoms. The highest BCUT2D eigenvalue weighted by Crippen LogP contribution is 2.18. The second kappa shape index (κ2) is 4.18. The maximum atomic E-state index is 13.5. The number of fused-ring (bicyclic) bond motifs is 1. The first kappa shape index (κ1) is 10.8. The molecule has 0 aliphatic rings. The van der Waals surface area contributed by atoms with Crippen molar-refractivity contribution in [1.29, 1.82) is 0 Å². The van der Waals surface area contributed by atoms with Crippen molar-refractivity contribution in [2.75, 3.05) is 5.73 Å². The topological polar surface area (TPSA) is 48.8 Å². The Morgan fingerprint density at radius 1 is 1.11 bits per heavy atom. The van der Waals surface area contributed by atoms with Crippen molar-refractivity contribution < 1.29 is 4.39 Å². The van der Waals surface area contributed by atoms with E-state index in [2.05, 4.69) is 5.10 Å². The summed E-state index contributed by atoms with van der Waals surface area (Å²) >= 11 is 0. The van der Waals surface area contributed by atoms with Crippen LogP contribution in [0, 0.1) is 5.82 Å². The average molecular weight is 244 g/mol. The van der Waals surface area contributed by atoms with Gasteiger partial charge in [-0.3, -0.25) is 4.68 Å². The number of halogens is 1. The smallest absolute Gasteiger partial charge is 0.145 e. The first-order valence-electron chi connectivity index (χ1n) is 5.76. The standard InChI is InChI=1S/C13H13FN4/c14-11-2-1-3-12-10(11)4-6-17(12)8-9-18-7-5-13(15)16-18/h1-7H,8-9H2,(H2,15,16). The molecule has 0 atom stereocenters. The van der Waals surface area contributed by atoms with Gasteiger partial charge in [-0.05, 0) is 24.3 Å². The summed E-state index contributed by atoms with van der Waals surface area (Å²) in [6, 6.07) is 8.66. The van der Waals surface area contributed by atoms with Gasteiger partial charge in [0, 0.05) is 24.3 Å². The van der Waals surface area contributed by atoms with E-state index < -0.39 is 0 Å². The van der Waals surface area contributed by atoms with Crippen molar-refractivity contribution in [2.45, 2.75) is 13.1 Å². The predicted molar refractivity (Wildman–Crippen MR) is 68.5 cm³/mol. The van der Waals surface area contributed by atoms with Gasteiger partial charge in [0.05, 0.1) is 12.1 Å². The Morgan fingerprint density at radius 3 is 2.78 bits per heavy atom. The summed E-state index contributed by atoms with van der Waals surface area (Å²) in [5.74, 6) is 0.327. The molecular formula is C13H13FN4.